The molecule has 82 valence electrons. The lowest BCUT2D eigenvalue weighted by Crippen LogP contribution is -1.99. The Labute approximate surface area is 90.9 Å². The fourth-order valence-electron chi connectivity index (χ4n) is 1.91. The average molecular weight is 206 g/mol. The van der Waals surface area contributed by atoms with Crippen LogP contribution in [0.5, 0.6) is 0 Å². The second-order valence-electron chi connectivity index (χ2n) is 4.13. The van der Waals surface area contributed by atoms with Crippen LogP contribution in [0.2, 0.25) is 0 Å². The normalized spacial score (nSPS) is 24.1. The van der Waals surface area contributed by atoms with Gasteiger partial charge in [-0.25, -0.2) is 0 Å². The van der Waals surface area contributed by atoms with Crippen LogP contribution in [0.25, 0.3) is 0 Å². The molecule has 0 aliphatic carbocycles. The first kappa shape index (κ1) is 10.7. The van der Waals surface area contributed by atoms with Gasteiger partial charge in [-0.05, 0) is 24.8 Å². The Morgan fingerprint density at radius 3 is 2.53 bits per heavy atom. The molecule has 2 nitrogen and oxygen atoms in total. The maximum atomic E-state index is 8.79. The smallest absolute Gasteiger partial charge is 0.107 e. The lowest BCUT2D eigenvalue weighted by Gasteiger charge is -1.99. The quantitative estimate of drug-likeness (QED) is 0.571. The zero-order valence-electron chi connectivity index (χ0n) is 8.93. The molecule has 2 atom stereocenters. The number of ether oxygens (including phenoxy) is 1. The third kappa shape index (κ3) is 3.33. The van der Waals surface area contributed by atoms with E-state index in [1.165, 1.54) is 18.4 Å². The van der Waals surface area contributed by atoms with E-state index in [1.54, 1.807) is 0 Å². The van der Waals surface area contributed by atoms with Gasteiger partial charge in [0.25, 0.3) is 0 Å². The number of aliphatic hydroxyl groups is 1. The summed E-state index contributed by atoms with van der Waals surface area (Å²) < 4.78 is 5.27. The summed E-state index contributed by atoms with van der Waals surface area (Å²) in [6.07, 6.45) is 5.13. The summed E-state index contributed by atoms with van der Waals surface area (Å²) in [4.78, 5) is 0. The highest BCUT2D eigenvalue weighted by molar-refractivity contribution is 5.14. The minimum absolute atomic E-state index is 0.140. The molecular formula is C13H18O2. The van der Waals surface area contributed by atoms with E-state index in [0.717, 1.165) is 12.8 Å². The van der Waals surface area contributed by atoms with Crippen molar-refractivity contribution in [2.75, 3.05) is 6.61 Å². The average Bonchev–Trinajstić information content (AvgIpc) is 3.05. The van der Waals surface area contributed by atoms with Crippen molar-refractivity contribution in [3.63, 3.8) is 0 Å². The zero-order chi connectivity index (χ0) is 10.5. The number of benzene rings is 1. The summed E-state index contributed by atoms with van der Waals surface area (Å²) >= 11 is 0. The summed E-state index contributed by atoms with van der Waals surface area (Å²) in [6.45, 7) is 0.184. The number of hydrogen-bond donors (Lipinski definition) is 1. The monoisotopic (exact) mass is 206 g/mol. The molecule has 0 saturated carbocycles. The molecule has 1 aromatic carbocycles. The largest absolute Gasteiger partial charge is 0.394 e. The van der Waals surface area contributed by atoms with Crippen molar-refractivity contribution in [3.8, 4) is 0 Å². The van der Waals surface area contributed by atoms with Crippen LogP contribution in [0.4, 0.5) is 0 Å². The molecule has 0 bridgehead atoms. The fourth-order valence-corrected chi connectivity index (χ4v) is 1.91. The van der Waals surface area contributed by atoms with Crippen molar-refractivity contribution in [2.45, 2.75) is 37.9 Å². The van der Waals surface area contributed by atoms with Gasteiger partial charge in [-0.3, -0.25) is 0 Å². The number of aliphatic hydroxyl groups excluding tert-OH is 1. The Bertz CT molecular complexity index is 284. The van der Waals surface area contributed by atoms with Crippen LogP contribution in [0, 0.1) is 0 Å². The van der Waals surface area contributed by atoms with E-state index < -0.39 is 0 Å². The Balaban J connectivity index is 1.56. The number of unbranched alkanes of at least 4 members (excludes halogenated alkanes) is 1. The predicted molar refractivity (Wildman–Crippen MR) is 59.7 cm³/mol. The molecule has 1 aromatic rings. The van der Waals surface area contributed by atoms with Gasteiger partial charge in [0.2, 0.25) is 0 Å². The molecule has 2 rings (SSSR count). The minimum atomic E-state index is 0.140. The maximum Gasteiger partial charge on any atom is 0.107 e. The van der Waals surface area contributed by atoms with Crippen LogP contribution in [-0.2, 0) is 11.2 Å². The second kappa shape index (κ2) is 5.29. The molecule has 1 heterocycles. The van der Waals surface area contributed by atoms with Gasteiger partial charge < -0.3 is 9.84 Å². The first-order valence-corrected chi connectivity index (χ1v) is 5.70. The summed E-state index contributed by atoms with van der Waals surface area (Å²) in [6, 6.07) is 10.6. The highest BCUT2D eigenvalue weighted by Crippen LogP contribution is 2.26. The lowest BCUT2D eigenvalue weighted by molar-refractivity contribution is 0.241. The third-order valence-corrected chi connectivity index (χ3v) is 2.91. The van der Waals surface area contributed by atoms with Gasteiger partial charge in [0, 0.05) is 0 Å². The molecule has 1 N–H and O–H groups in total. The number of epoxide rings is 1. The van der Waals surface area contributed by atoms with Crippen molar-refractivity contribution in [1.82, 2.24) is 0 Å². The first-order valence-electron chi connectivity index (χ1n) is 5.70. The maximum absolute atomic E-state index is 8.79. The van der Waals surface area contributed by atoms with Gasteiger partial charge in [0.1, 0.15) is 6.10 Å². The van der Waals surface area contributed by atoms with Crippen LogP contribution in [-0.4, -0.2) is 23.9 Å². The Kier molecular flexibility index (Phi) is 3.75. The molecule has 0 aromatic heterocycles. The highest BCUT2D eigenvalue weighted by atomic mass is 16.6. The van der Waals surface area contributed by atoms with E-state index in [4.69, 9.17) is 9.84 Å². The summed E-state index contributed by atoms with van der Waals surface area (Å²) in [5.74, 6) is 0. The topological polar surface area (TPSA) is 32.8 Å². The molecule has 1 aliphatic rings. The van der Waals surface area contributed by atoms with Gasteiger partial charge in [-0.2, -0.15) is 0 Å². The number of aryl methyl sites for hydroxylation is 1. The van der Waals surface area contributed by atoms with Crippen LogP contribution < -0.4 is 0 Å². The molecular weight excluding hydrogens is 188 g/mol. The molecule has 1 unspecified atom stereocenters. The second-order valence-corrected chi connectivity index (χ2v) is 4.13. The summed E-state index contributed by atoms with van der Waals surface area (Å²) in [7, 11) is 0. The van der Waals surface area contributed by atoms with E-state index in [9.17, 15) is 0 Å². The van der Waals surface area contributed by atoms with E-state index in [-0.39, 0.29) is 12.7 Å². The molecule has 1 saturated heterocycles. The van der Waals surface area contributed by atoms with Gasteiger partial charge in [-0.15, -0.1) is 0 Å². The van der Waals surface area contributed by atoms with Crippen molar-refractivity contribution in [1.29, 1.82) is 0 Å². The third-order valence-electron chi connectivity index (χ3n) is 2.91. The van der Waals surface area contributed by atoms with Crippen molar-refractivity contribution < 1.29 is 9.84 Å². The molecule has 0 amide bonds. The Hall–Kier alpha value is -0.860. The Morgan fingerprint density at radius 1 is 1.07 bits per heavy atom. The van der Waals surface area contributed by atoms with Crippen molar-refractivity contribution in [2.24, 2.45) is 0 Å². The summed E-state index contributed by atoms with van der Waals surface area (Å²) in [5.41, 5.74) is 1.41. The van der Waals surface area contributed by atoms with Crippen LogP contribution in [0.1, 0.15) is 24.8 Å². The predicted octanol–water partition coefficient (Wildman–Crippen LogP) is 2.16. The lowest BCUT2D eigenvalue weighted by atomic mass is 10.1. The zero-order valence-corrected chi connectivity index (χ0v) is 8.93. The van der Waals surface area contributed by atoms with Gasteiger partial charge in [0.05, 0.1) is 12.7 Å². The van der Waals surface area contributed by atoms with Gasteiger partial charge in [-0.1, -0.05) is 36.8 Å². The summed E-state index contributed by atoms with van der Waals surface area (Å²) in [5, 5.41) is 8.79. The van der Waals surface area contributed by atoms with Crippen LogP contribution >= 0.6 is 0 Å². The number of rotatable bonds is 6. The van der Waals surface area contributed by atoms with Crippen molar-refractivity contribution in [3.05, 3.63) is 35.9 Å². The minimum Gasteiger partial charge on any atom is -0.394 e. The van der Waals surface area contributed by atoms with E-state index in [0.29, 0.717) is 6.10 Å². The molecule has 0 radical (unpaired) electrons. The number of hydrogen-bond acceptors (Lipinski definition) is 2. The van der Waals surface area contributed by atoms with E-state index in [2.05, 4.69) is 24.3 Å². The molecule has 1 fully saturated rings. The molecule has 1 aliphatic heterocycles. The molecule has 15 heavy (non-hydrogen) atoms. The van der Waals surface area contributed by atoms with E-state index >= 15 is 0 Å². The standard InChI is InChI=1S/C13H18O2/c14-10-13-12(15-13)9-5-4-8-11-6-2-1-3-7-11/h1-3,6-7,12-14H,4-5,8-10H2/t12-,13?/m1/s1. The fraction of sp³-hybridized carbons (Fsp3) is 0.538. The highest BCUT2D eigenvalue weighted by Gasteiger charge is 2.36. The van der Waals surface area contributed by atoms with Crippen LogP contribution in [0.3, 0.4) is 0 Å². The van der Waals surface area contributed by atoms with Gasteiger partial charge in [0.15, 0.2) is 0 Å². The first-order chi connectivity index (χ1) is 7.40. The molecule has 0 spiro atoms. The Morgan fingerprint density at radius 2 is 1.87 bits per heavy atom. The molecule has 2 heteroatoms. The van der Waals surface area contributed by atoms with E-state index in [1.807, 2.05) is 6.07 Å². The SMILES string of the molecule is OCC1O[C@@H]1CCCCc1ccccc1. The van der Waals surface area contributed by atoms with Crippen LogP contribution in [0.15, 0.2) is 30.3 Å². The van der Waals surface area contributed by atoms with Gasteiger partial charge >= 0.3 is 0 Å². The van der Waals surface area contributed by atoms with Crippen molar-refractivity contribution >= 4 is 0 Å².